The second-order valence-electron chi connectivity index (χ2n) is 6.40. The fourth-order valence-electron chi connectivity index (χ4n) is 2.86. The Bertz CT molecular complexity index is 695. The second-order valence-corrected chi connectivity index (χ2v) is 7.40. The third-order valence-corrected chi connectivity index (χ3v) is 5.60. The van der Waals surface area contributed by atoms with Crippen LogP contribution in [0.4, 0.5) is 0 Å². The monoisotopic (exact) mass is 359 g/mol. The van der Waals surface area contributed by atoms with Gasteiger partial charge >= 0.3 is 0 Å². The van der Waals surface area contributed by atoms with Crippen molar-refractivity contribution in [3.63, 3.8) is 0 Å². The Kier molecular flexibility index (Phi) is 6.12. The van der Waals surface area contributed by atoms with Crippen molar-refractivity contribution in [1.29, 1.82) is 0 Å². The fourth-order valence-corrected chi connectivity index (χ4v) is 3.82. The van der Waals surface area contributed by atoms with E-state index in [1.807, 2.05) is 25.1 Å². The highest BCUT2D eigenvalue weighted by Crippen LogP contribution is 2.26. The molecule has 3 rings (SSSR count). The zero-order chi connectivity index (χ0) is 17.6. The predicted molar refractivity (Wildman–Crippen MR) is 101 cm³/mol. The number of pyridine rings is 1. The van der Waals surface area contributed by atoms with E-state index in [2.05, 4.69) is 32.1 Å². The van der Waals surface area contributed by atoms with E-state index in [0.29, 0.717) is 11.4 Å². The van der Waals surface area contributed by atoms with E-state index in [0.717, 1.165) is 55.5 Å². The fraction of sp³-hybridized carbons (Fsp3) is 0.500. The lowest BCUT2D eigenvalue weighted by molar-refractivity contribution is 0.0952. The molecule has 0 aromatic carbocycles. The number of nitrogens with one attached hydrogen (secondary N) is 1. The molecule has 2 aromatic heterocycles. The summed E-state index contributed by atoms with van der Waals surface area (Å²) in [4.78, 5) is 26.7. The molecule has 7 heteroatoms. The molecule has 1 N–H and O–H groups in total. The minimum atomic E-state index is -0.0319. The van der Waals surface area contributed by atoms with Gasteiger partial charge in [-0.3, -0.25) is 9.78 Å². The van der Waals surface area contributed by atoms with Gasteiger partial charge in [0.05, 0.1) is 11.4 Å². The van der Waals surface area contributed by atoms with Crippen LogP contribution < -0.4 is 5.32 Å². The first-order valence-electron chi connectivity index (χ1n) is 8.71. The number of likely N-dealkylation sites (N-methyl/N-ethyl adjacent to an activating group) is 1. The van der Waals surface area contributed by atoms with Crippen LogP contribution in [0.2, 0.25) is 0 Å². The Balaban J connectivity index is 1.48. The molecule has 1 fully saturated rings. The first kappa shape index (κ1) is 18.0. The van der Waals surface area contributed by atoms with Crippen molar-refractivity contribution in [3.05, 3.63) is 35.0 Å². The molecule has 0 bridgehead atoms. The maximum Gasteiger partial charge on any atom is 0.263 e. The number of aromatic nitrogens is 2. The normalized spacial score (nSPS) is 16.1. The highest BCUT2D eigenvalue weighted by Gasteiger charge is 2.17. The lowest BCUT2D eigenvalue weighted by Gasteiger charge is -2.32. The zero-order valence-corrected chi connectivity index (χ0v) is 15.7. The van der Waals surface area contributed by atoms with Gasteiger partial charge in [-0.15, -0.1) is 11.3 Å². The van der Waals surface area contributed by atoms with Gasteiger partial charge in [0, 0.05) is 38.9 Å². The first-order valence-corrected chi connectivity index (χ1v) is 9.53. The molecule has 2 aromatic rings. The van der Waals surface area contributed by atoms with E-state index >= 15 is 0 Å². The summed E-state index contributed by atoms with van der Waals surface area (Å²) in [7, 11) is 2.16. The van der Waals surface area contributed by atoms with Gasteiger partial charge in [-0.1, -0.05) is 6.07 Å². The van der Waals surface area contributed by atoms with Gasteiger partial charge in [0.2, 0.25) is 0 Å². The first-order chi connectivity index (χ1) is 12.1. The van der Waals surface area contributed by atoms with Crippen LogP contribution >= 0.6 is 11.3 Å². The molecule has 1 aliphatic heterocycles. The molecule has 0 atom stereocenters. The molecule has 6 nitrogen and oxygen atoms in total. The average molecular weight is 359 g/mol. The Labute approximate surface area is 152 Å². The van der Waals surface area contributed by atoms with Crippen LogP contribution in [0.5, 0.6) is 0 Å². The minimum absolute atomic E-state index is 0.0319. The summed E-state index contributed by atoms with van der Waals surface area (Å²) in [6, 6.07) is 5.71. The van der Waals surface area contributed by atoms with Crippen molar-refractivity contribution >= 4 is 17.2 Å². The number of amides is 1. The number of nitrogens with zero attached hydrogens (tertiary/aromatic N) is 4. The number of hydrogen-bond acceptors (Lipinski definition) is 6. The highest BCUT2D eigenvalue weighted by atomic mass is 32.1. The van der Waals surface area contributed by atoms with Crippen LogP contribution in [0.25, 0.3) is 10.7 Å². The van der Waals surface area contributed by atoms with Crippen molar-refractivity contribution < 1.29 is 4.79 Å². The molecule has 0 radical (unpaired) electrons. The molecule has 3 heterocycles. The van der Waals surface area contributed by atoms with Gasteiger partial charge in [0.15, 0.2) is 0 Å². The molecule has 1 aliphatic rings. The van der Waals surface area contributed by atoms with Crippen LogP contribution in [0.1, 0.15) is 21.8 Å². The maximum absolute atomic E-state index is 12.4. The van der Waals surface area contributed by atoms with Crippen LogP contribution in [0.3, 0.4) is 0 Å². The van der Waals surface area contributed by atoms with Crippen LogP contribution in [-0.4, -0.2) is 72.0 Å². The molecule has 1 amide bonds. The number of hydrogen-bond donors (Lipinski definition) is 1. The second kappa shape index (κ2) is 8.51. The van der Waals surface area contributed by atoms with E-state index in [1.165, 1.54) is 11.3 Å². The molecule has 0 aliphatic carbocycles. The average Bonchev–Trinajstić information content (AvgIpc) is 3.03. The number of rotatable bonds is 6. The van der Waals surface area contributed by atoms with Crippen molar-refractivity contribution in [2.24, 2.45) is 0 Å². The molecule has 25 heavy (non-hydrogen) atoms. The van der Waals surface area contributed by atoms with Crippen molar-refractivity contribution in [1.82, 2.24) is 25.1 Å². The third-order valence-electron chi connectivity index (χ3n) is 4.42. The minimum Gasteiger partial charge on any atom is -0.351 e. The molecular weight excluding hydrogens is 334 g/mol. The van der Waals surface area contributed by atoms with Crippen molar-refractivity contribution in [3.8, 4) is 10.7 Å². The number of piperazine rings is 1. The molecule has 0 saturated carbocycles. The van der Waals surface area contributed by atoms with Crippen molar-refractivity contribution in [2.45, 2.75) is 13.3 Å². The van der Waals surface area contributed by atoms with Gasteiger partial charge in [-0.25, -0.2) is 4.98 Å². The summed E-state index contributed by atoms with van der Waals surface area (Å²) in [6.45, 7) is 8.10. The molecule has 0 spiro atoms. The number of carbonyl (C=O) groups is 1. The van der Waals surface area contributed by atoms with E-state index in [-0.39, 0.29) is 5.91 Å². The smallest absolute Gasteiger partial charge is 0.263 e. The topological polar surface area (TPSA) is 61.4 Å². The molecule has 1 saturated heterocycles. The summed E-state index contributed by atoms with van der Waals surface area (Å²) < 4.78 is 0. The standard InChI is InChI=1S/C18H25N5OS/c1-14-16(25-18(21-14)15-6-3-4-7-19-15)17(24)20-8-5-9-23-12-10-22(2)11-13-23/h3-4,6-7H,5,8-13H2,1-2H3,(H,20,24). The van der Waals surface area contributed by atoms with Gasteiger partial charge in [0.1, 0.15) is 9.88 Å². The summed E-state index contributed by atoms with van der Waals surface area (Å²) in [5, 5.41) is 3.82. The number of carbonyl (C=O) groups excluding carboxylic acids is 1. The third kappa shape index (κ3) is 4.84. The summed E-state index contributed by atoms with van der Waals surface area (Å²) in [5.74, 6) is -0.0319. The predicted octanol–water partition coefficient (Wildman–Crippen LogP) is 1.88. The summed E-state index contributed by atoms with van der Waals surface area (Å²) in [6.07, 6.45) is 2.71. The van der Waals surface area contributed by atoms with Crippen LogP contribution in [0, 0.1) is 6.92 Å². The van der Waals surface area contributed by atoms with Gasteiger partial charge in [0.25, 0.3) is 5.91 Å². The maximum atomic E-state index is 12.4. The lowest BCUT2D eigenvalue weighted by Crippen LogP contribution is -2.45. The highest BCUT2D eigenvalue weighted by molar-refractivity contribution is 7.17. The Morgan fingerprint density at radius 2 is 2.08 bits per heavy atom. The SMILES string of the molecule is Cc1nc(-c2ccccn2)sc1C(=O)NCCCN1CCN(C)CC1. The van der Waals surface area contributed by atoms with Crippen LogP contribution in [0.15, 0.2) is 24.4 Å². The lowest BCUT2D eigenvalue weighted by atomic mass is 10.3. The molecular formula is C18H25N5OS. The van der Waals surface area contributed by atoms with Crippen molar-refractivity contribution in [2.75, 3.05) is 46.3 Å². The van der Waals surface area contributed by atoms with E-state index < -0.39 is 0 Å². The zero-order valence-electron chi connectivity index (χ0n) is 14.9. The van der Waals surface area contributed by atoms with E-state index in [9.17, 15) is 4.79 Å². The summed E-state index contributed by atoms with van der Waals surface area (Å²) >= 11 is 1.41. The van der Waals surface area contributed by atoms with Gasteiger partial charge in [-0.2, -0.15) is 0 Å². The Morgan fingerprint density at radius 1 is 1.28 bits per heavy atom. The quantitative estimate of drug-likeness (QED) is 0.798. The van der Waals surface area contributed by atoms with Gasteiger partial charge < -0.3 is 15.1 Å². The van der Waals surface area contributed by atoms with Gasteiger partial charge in [-0.05, 0) is 39.1 Å². The van der Waals surface area contributed by atoms with Crippen LogP contribution in [-0.2, 0) is 0 Å². The number of thiazole rings is 1. The molecule has 0 unspecified atom stereocenters. The summed E-state index contributed by atoms with van der Waals surface area (Å²) in [5.41, 5.74) is 1.58. The van der Waals surface area contributed by atoms with E-state index in [4.69, 9.17) is 0 Å². The molecule has 134 valence electrons. The largest absolute Gasteiger partial charge is 0.351 e. The Hall–Kier alpha value is -1.83. The van der Waals surface area contributed by atoms with E-state index in [1.54, 1.807) is 6.20 Å². The Morgan fingerprint density at radius 3 is 2.80 bits per heavy atom. The number of aryl methyl sites for hydroxylation is 1.